The van der Waals surface area contributed by atoms with Crippen LogP contribution in [0.3, 0.4) is 0 Å². The van der Waals surface area contributed by atoms with Crippen molar-refractivity contribution in [3.63, 3.8) is 0 Å². The highest BCUT2D eigenvalue weighted by molar-refractivity contribution is 7.90. The Bertz CT molecular complexity index is 580. The molecular weight excluding hydrogens is 302 g/mol. The second-order valence-electron chi connectivity index (χ2n) is 6.23. The molecule has 0 unspecified atom stereocenters. The lowest BCUT2D eigenvalue weighted by atomic mass is 9.91. The fraction of sp³-hybridized carbons (Fsp3) is 0.625. The molecule has 5 nitrogen and oxygen atoms in total. The summed E-state index contributed by atoms with van der Waals surface area (Å²) in [4.78, 5) is 2.17. The highest BCUT2D eigenvalue weighted by atomic mass is 32.2. The number of hydrogen-bond donors (Lipinski definition) is 2. The molecule has 0 bridgehead atoms. The second-order valence-corrected chi connectivity index (χ2v) is 8.49. The van der Waals surface area contributed by atoms with Crippen molar-refractivity contribution in [3.05, 3.63) is 29.8 Å². The van der Waals surface area contributed by atoms with Crippen molar-refractivity contribution < 1.29 is 18.6 Å². The van der Waals surface area contributed by atoms with Gasteiger partial charge in [-0.2, -0.15) is 0 Å². The van der Waals surface area contributed by atoms with E-state index in [4.69, 9.17) is 0 Å². The van der Waals surface area contributed by atoms with E-state index < -0.39 is 9.84 Å². The van der Waals surface area contributed by atoms with E-state index in [-0.39, 0.29) is 23.6 Å². The highest BCUT2D eigenvalue weighted by Crippen LogP contribution is 2.25. The maximum Gasteiger partial charge on any atom is 0.148 e. The van der Waals surface area contributed by atoms with Gasteiger partial charge in [-0.25, -0.2) is 8.42 Å². The van der Waals surface area contributed by atoms with Crippen molar-refractivity contribution in [1.29, 1.82) is 0 Å². The Morgan fingerprint density at radius 3 is 2.50 bits per heavy atom. The number of aromatic hydroxyl groups is 1. The summed E-state index contributed by atoms with van der Waals surface area (Å²) in [6, 6.07) is 7.36. The van der Waals surface area contributed by atoms with Gasteiger partial charge in [0.25, 0.3) is 0 Å². The van der Waals surface area contributed by atoms with Crippen molar-refractivity contribution >= 4 is 9.84 Å². The topological polar surface area (TPSA) is 77.8 Å². The van der Waals surface area contributed by atoms with Gasteiger partial charge in [0.2, 0.25) is 0 Å². The van der Waals surface area contributed by atoms with Crippen LogP contribution >= 0.6 is 0 Å². The van der Waals surface area contributed by atoms with E-state index in [1.165, 1.54) is 6.26 Å². The van der Waals surface area contributed by atoms with E-state index in [1.54, 1.807) is 18.2 Å². The third kappa shape index (κ3) is 5.59. The first-order valence-corrected chi connectivity index (χ1v) is 9.77. The zero-order valence-corrected chi connectivity index (χ0v) is 13.8. The number of rotatable bonds is 6. The maximum absolute atomic E-state index is 11.5. The predicted molar refractivity (Wildman–Crippen MR) is 86.5 cm³/mol. The molecule has 0 amide bonds. The van der Waals surface area contributed by atoms with Crippen LogP contribution in [0.5, 0.6) is 5.75 Å². The Labute approximate surface area is 132 Å². The molecule has 0 atom stereocenters. The molecule has 1 aromatic carbocycles. The Kier molecular flexibility index (Phi) is 5.83. The zero-order valence-electron chi connectivity index (χ0n) is 13.0. The van der Waals surface area contributed by atoms with Crippen LogP contribution in [0.25, 0.3) is 0 Å². The number of nitrogens with zero attached hydrogens (tertiary/aromatic N) is 1. The summed E-state index contributed by atoms with van der Waals surface area (Å²) in [5, 5.41) is 19.2. The van der Waals surface area contributed by atoms with Gasteiger partial charge in [-0.1, -0.05) is 12.1 Å². The molecule has 22 heavy (non-hydrogen) atoms. The second kappa shape index (κ2) is 7.44. The molecule has 0 spiro atoms. The van der Waals surface area contributed by atoms with Crippen LogP contribution in [-0.4, -0.2) is 54.2 Å². The first kappa shape index (κ1) is 17.2. The summed E-state index contributed by atoms with van der Waals surface area (Å²) in [5.41, 5.74) is 0.972. The molecule has 1 saturated carbocycles. The molecule has 1 fully saturated rings. The quantitative estimate of drug-likeness (QED) is 0.829. The fourth-order valence-corrected chi connectivity index (χ4v) is 3.55. The fourth-order valence-electron chi connectivity index (χ4n) is 2.99. The number of phenolic OH excluding ortho intramolecular Hbond substituents is 1. The van der Waals surface area contributed by atoms with E-state index in [2.05, 4.69) is 4.90 Å². The maximum atomic E-state index is 11.5. The first-order chi connectivity index (χ1) is 10.3. The van der Waals surface area contributed by atoms with Gasteiger partial charge in [-0.05, 0) is 43.4 Å². The van der Waals surface area contributed by atoms with E-state index in [9.17, 15) is 18.6 Å². The minimum absolute atomic E-state index is 0.130. The average Bonchev–Trinajstić information content (AvgIpc) is 2.43. The predicted octanol–water partition coefficient (Wildman–Crippen LogP) is 1.54. The summed E-state index contributed by atoms with van der Waals surface area (Å²) in [6.45, 7) is 1.10. The molecule has 2 rings (SSSR count). The van der Waals surface area contributed by atoms with E-state index in [1.807, 2.05) is 6.07 Å². The van der Waals surface area contributed by atoms with Gasteiger partial charge in [0.15, 0.2) is 0 Å². The molecule has 6 heteroatoms. The molecule has 1 aromatic rings. The van der Waals surface area contributed by atoms with Gasteiger partial charge in [-0.3, -0.25) is 4.90 Å². The summed E-state index contributed by atoms with van der Waals surface area (Å²) < 4.78 is 22.9. The minimum atomic E-state index is -3.01. The molecule has 0 aromatic heterocycles. The molecule has 2 N–H and O–H groups in total. The number of aliphatic hydroxyl groups excluding tert-OH is 1. The first-order valence-electron chi connectivity index (χ1n) is 7.71. The summed E-state index contributed by atoms with van der Waals surface area (Å²) >= 11 is 0. The van der Waals surface area contributed by atoms with Gasteiger partial charge < -0.3 is 10.2 Å². The number of phenols is 1. The molecule has 0 saturated heterocycles. The Morgan fingerprint density at radius 1 is 1.23 bits per heavy atom. The zero-order chi connectivity index (χ0) is 16.2. The van der Waals surface area contributed by atoms with Crippen molar-refractivity contribution in [2.75, 3.05) is 18.6 Å². The van der Waals surface area contributed by atoms with Gasteiger partial charge in [0, 0.05) is 25.4 Å². The third-order valence-corrected chi connectivity index (χ3v) is 5.15. The van der Waals surface area contributed by atoms with E-state index in [0.29, 0.717) is 13.1 Å². The number of hydrogen-bond acceptors (Lipinski definition) is 5. The van der Waals surface area contributed by atoms with Crippen molar-refractivity contribution in [1.82, 2.24) is 4.90 Å². The lowest BCUT2D eigenvalue weighted by molar-refractivity contribution is 0.0730. The largest absolute Gasteiger partial charge is 0.508 e. The van der Waals surface area contributed by atoms with Crippen LogP contribution in [0.1, 0.15) is 31.2 Å². The highest BCUT2D eigenvalue weighted by Gasteiger charge is 2.25. The Morgan fingerprint density at radius 2 is 1.91 bits per heavy atom. The van der Waals surface area contributed by atoms with Gasteiger partial charge in [0.1, 0.15) is 15.6 Å². The molecule has 0 radical (unpaired) electrons. The third-order valence-electron chi connectivity index (χ3n) is 4.23. The summed E-state index contributed by atoms with van der Waals surface area (Å²) in [7, 11) is -3.01. The van der Waals surface area contributed by atoms with Crippen LogP contribution in [0, 0.1) is 0 Å². The normalized spacial score (nSPS) is 22.9. The standard InChI is InChI=1S/C16H25NO4S/c1-22(20,21)10-9-17(14-5-7-15(18)8-6-14)12-13-3-2-4-16(19)11-13/h2-4,11,14-15,18-19H,5-10,12H2,1H3. The number of benzene rings is 1. The number of aliphatic hydroxyl groups is 1. The van der Waals surface area contributed by atoms with Crippen molar-refractivity contribution in [2.45, 2.75) is 44.4 Å². The van der Waals surface area contributed by atoms with Crippen LogP contribution in [0.4, 0.5) is 0 Å². The molecular formula is C16H25NO4S. The Balaban J connectivity index is 2.06. The van der Waals surface area contributed by atoms with Gasteiger partial charge in [0.05, 0.1) is 11.9 Å². The van der Waals surface area contributed by atoms with Crippen LogP contribution < -0.4 is 0 Å². The summed E-state index contributed by atoms with van der Waals surface area (Å²) in [5.74, 6) is 0.352. The van der Waals surface area contributed by atoms with Crippen LogP contribution in [0.15, 0.2) is 24.3 Å². The average molecular weight is 327 g/mol. The molecule has 124 valence electrons. The lowest BCUT2D eigenvalue weighted by Crippen LogP contribution is -2.41. The van der Waals surface area contributed by atoms with Crippen molar-refractivity contribution in [3.8, 4) is 5.75 Å². The van der Waals surface area contributed by atoms with Crippen LogP contribution in [0.2, 0.25) is 0 Å². The minimum Gasteiger partial charge on any atom is -0.508 e. The molecule has 0 heterocycles. The monoisotopic (exact) mass is 327 g/mol. The van der Waals surface area contributed by atoms with Crippen LogP contribution in [-0.2, 0) is 16.4 Å². The summed E-state index contributed by atoms with van der Waals surface area (Å²) in [6.07, 6.45) is 4.31. The lowest BCUT2D eigenvalue weighted by Gasteiger charge is -2.35. The number of sulfone groups is 1. The molecule has 0 aliphatic heterocycles. The SMILES string of the molecule is CS(=O)(=O)CCN(Cc1cccc(O)c1)C1CCC(O)CC1. The van der Waals surface area contributed by atoms with Gasteiger partial charge in [-0.15, -0.1) is 0 Å². The van der Waals surface area contributed by atoms with Gasteiger partial charge >= 0.3 is 0 Å². The van der Waals surface area contributed by atoms with E-state index in [0.717, 1.165) is 31.2 Å². The Hall–Kier alpha value is -1.11. The molecule has 1 aliphatic rings. The smallest absolute Gasteiger partial charge is 0.148 e. The molecule has 1 aliphatic carbocycles. The van der Waals surface area contributed by atoms with E-state index >= 15 is 0 Å². The van der Waals surface area contributed by atoms with Crippen molar-refractivity contribution in [2.24, 2.45) is 0 Å².